The molecule has 1 spiro atoms. The number of hydrogen-bond donors (Lipinski definition) is 0. The smallest absolute Gasteiger partial charge is 0.227 e. The standard InChI is InChI=1S/C15H18ClNO3/c16-13-4-1-3-12(9-13)10-14(18)17-6-2-5-15(11-17)19-7-8-20-15/h1,3-4,9H,2,5-8,10-11H2. The summed E-state index contributed by atoms with van der Waals surface area (Å²) >= 11 is 5.95. The van der Waals surface area contributed by atoms with Gasteiger partial charge in [-0.3, -0.25) is 4.79 Å². The lowest BCUT2D eigenvalue weighted by atomic mass is 10.0. The van der Waals surface area contributed by atoms with Gasteiger partial charge in [0.15, 0.2) is 5.79 Å². The van der Waals surface area contributed by atoms with Crippen molar-refractivity contribution in [3.63, 3.8) is 0 Å². The van der Waals surface area contributed by atoms with Crippen LogP contribution in [0.2, 0.25) is 5.02 Å². The zero-order valence-electron chi connectivity index (χ0n) is 11.3. The van der Waals surface area contributed by atoms with Gasteiger partial charge in [0.1, 0.15) is 0 Å². The molecule has 108 valence electrons. The maximum atomic E-state index is 12.4. The zero-order valence-corrected chi connectivity index (χ0v) is 12.1. The molecule has 0 atom stereocenters. The number of benzene rings is 1. The summed E-state index contributed by atoms with van der Waals surface area (Å²) in [5.41, 5.74) is 0.940. The zero-order chi connectivity index (χ0) is 14.0. The first-order valence-corrected chi connectivity index (χ1v) is 7.35. The largest absolute Gasteiger partial charge is 0.346 e. The van der Waals surface area contributed by atoms with Gasteiger partial charge in [-0.1, -0.05) is 23.7 Å². The maximum Gasteiger partial charge on any atom is 0.227 e. The van der Waals surface area contributed by atoms with Crippen LogP contribution >= 0.6 is 11.6 Å². The van der Waals surface area contributed by atoms with Gasteiger partial charge in [0, 0.05) is 18.0 Å². The molecule has 2 aliphatic rings. The van der Waals surface area contributed by atoms with E-state index in [1.807, 2.05) is 29.2 Å². The van der Waals surface area contributed by atoms with Crippen molar-refractivity contribution in [3.8, 4) is 0 Å². The molecule has 1 amide bonds. The first kappa shape index (κ1) is 13.9. The third-order valence-corrected chi connectivity index (χ3v) is 4.06. The summed E-state index contributed by atoms with van der Waals surface area (Å²) in [5, 5.41) is 0.660. The number of likely N-dealkylation sites (tertiary alicyclic amines) is 1. The lowest BCUT2D eigenvalue weighted by Crippen LogP contribution is -2.51. The number of rotatable bonds is 2. The van der Waals surface area contributed by atoms with Gasteiger partial charge in [-0.2, -0.15) is 0 Å². The summed E-state index contributed by atoms with van der Waals surface area (Å²) in [4.78, 5) is 14.2. The van der Waals surface area contributed by atoms with E-state index in [4.69, 9.17) is 21.1 Å². The van der Waals surface area contributed by atoms with Gasteiger partial charge in [0.2, 0.25) is 5.91 Å². The summed E-state index contributed by atoms with van der Waals surface area (Å²) in [6.45, 7) is 2.55. The second-order valence-corrected chi connectivity index (χ2v) is 5.77. The van der Waals surface area contributed by atoms with E-state index < -0.39 is 5.79 Å². The average Bonchev–Trinajstić information content (AvgIpc) is 2.87. The topological polar surface area (TPSA) is 38.8 Å². The number of amides is 1. The van der Waals surface area contributed by atoms with Crippen molar-refractivity contribution >= 4 is 17.5 Å². The lowest BCUT2D eigenvalue weighted by molar-refractivity contribution is -0.192. The van der Waals surface area contributed by atoms with E-state index in [1.165, 1.54) is 0 Å². The van der Waals surface area contributed by atoms with Gasteiger partial charge in [-0.05, 0) is 24.1 Å². The van der Waals surface area contributed by atoms with E-state index in [1.54, 1.807) is 0 Å². The van der Waals surface area contributed by atoms with Crippen LogP contribution in [0.4, 0.5) is 0 Å². The summed E-state index contributed by atoms with van der Waals surface area (Å²) in [6.07, 6.45) is 2.16. The fourth-order valence-corrected chi connectivity index (χ4v) is 3.08. The van der Waals surface area contributed by atoms with E-state index in [-0.39, 0.29) is 5.91 Å². The van der Waals surface area contributed by atoms with Crippen LogP contribution in [-0.2, 0) is 20.7 Å². The van der Waals surface area contributed by atoms with Crippen LogP contribution in [-0.4, -0.2) is 42.9 Å². The molecule has 0 unspecified atom stereocenters. The van der Waals surface area contributed by atoms with Crippen LogP contribution in [0.3, 0.4) is 0 Å². The Hall–Kier alpha value is -1.10. The minimum absolute atomic E-state index is 0.102. The van der Waals surface area contributed by atoms with Crippen molar-refractivity contribution in [2.75, 3.05) is 26.3 Å². The molecule has 3 rings (SSSR count). The van der Waals surface area contributed by atoms with E-state index >= 15 is 0 Å². The second-order valence-electron chi connectivity index (χ2n) is 5.33. The fraction of sp³-hybridized carbons (Fsp3) is 0.533. The molecule has 4 nitrogen and oxygen atoms in total. The molecule has 0 saturated carbocycles. The molecule has 20 heavy (non-hydrogen) atoms. The van der Waals surface area contributed by atoms with Gasteiger partial charge >= 0.3 is 0 Å². The van der Waals surface area contributed by atoms with Crippen LogP contribution in [0.5, 0.6) is 0 Å². The van der Waals surface area contributed by atoms with Crippen molar-refractivity contribution in [2.24, 2.45) is 0 Å². The normalized spacial score (nSPS) is 21.4. The first-order valence-electron chi connectivity index (χ1n) is 6.97. The number of halogens is 1. The maximum absolute atomic E-state index is 12.4. The van der Waals surface area contributed by atoms with Crippen LogP contribution in [0, 0.1) is 0 Å². The quantitative estimate of drug-likeness (QED) is 0.840. The van der Waals surface area contributed by atoms with Gasteiger partial charge < -0.3 is 14.4 Å². The molecule has 0 aromatic heterocycles. The summed E-state index contributed by atoms with van der Waals surface area (Å²) in [6, 6.07) is 7.44. The van der Waals surface area contributed by atoms with Gasteiger partial charge in [-0.15, -0.1) is 0 Å². The molecule has 0 bridgehead atoms. The Morgan fingerprint density at radius 1 is 1.35 bits per heavy atom. The monoisotopic (exact) mass is 295 g/mol. The molecule has 2 aliphatic heterocycles. The molecule has 1 aromatic rings. The number of piperidine rings is 1. The fourth-order valence-electron chi connectivity index (χ4n) is 2.87. The van der Waals surface area contributed by atoms with Gasteiger partial charge in [0.05, 0.1) is 26.2 Å². The van der Waals surface area contributed by atoms with Crippen molar-refractivity contribution in [1.82, 2.24) is 4.90 Å². The number of hydrogen-bond acceptors (Lipinski definition) is 3. The van der Waals surface area contributed by atoms with Crippen LogP contribution in [0.1, 0.15) is 18.4 Å². The molecule has 5 heteroatoms. The molecule has 2 heterocycles. The highest BCUT2D eigenvalue weighted by molar-refractivity contribution is 6.30. The molecule has 2 saturated heterocycles. The Balaban J connectivity index is 1.65. The molecule has 0 radical (unpaired) electrons. The first-order chi connectivity index (χ1) is 9.67. The molecule has 1 aromatic carbocycles. The SMILES string of the molecule is O=C(Cc1cccc(Cl)c1)N1CCCC2(C1)OCCO2. The van der Waals surface area contributed by atoms with E-state index in [9.17, 15) is 4.79 Å². The number of ether oxygens (including phenoxy) is 2. The number of carbonyl (C=O) groups excluding carboxylic acids is 1. The molecular formula is C15H18ClNO3. The molecule has 0 aliphatic carbocycles. The van der Waals surface area contributed by atoms with E-state index in [2.05, 4.69) is 0 Å². The van der Waals surface area contributed by atoms with E-state index in [0.29, 0.717) is 31.2 Å². The third-order valence-electron chi connectivity index (χ3n) is 3.83. The number of nitrogens with zero attached hydrogens (tertiary/aromatic N) is 1. The van der Waals surface area contributed by atoms with Crippen molar-refractivity contribution in [2.45, 2.75) is 25.0 Å². The van der Waals surface area contributed by atoms with Crippen molar-refractivity contribution in [1.29, 1.82) is 0 Å². The Bertz CT molecular complexity index is 500. The highest BCUT2D eigenvalue weighted by atomic mass is 35.5. The summed E-state index contributed by atoms with van der Waals surface area (Å²) in [7, 11) is 0. The Morgan fingerprint density at radius 2 is 2.15 bits per heavy atom. The van der Waals surface area contributed by atoms with Crippen LogP contribution < -0.4 is 0 Å². The molecule has 2 fully saturated rings. The van der Waals surface area contributed by atoms with Gasteiger partial charge in [-0.25, -0.2) is 0 Å². The second kappa shape index (κ2) is 5.72. The summed E-state index contributed by atoms with van der Waals surface area (Å²) < 4.78 is 11.4. The molecule has 0 N–H and O–H groups in total. The van der Waals surface area contributed by atoms with E-state index in [0.717, 1.165) is 24.9 Å². The highest BCUT2D eigenvalue weighted by Crippen LogP contribution is 2.30. The predicted molar refractivity (Wildman–Crippen MR) is 75.6 cm³/mol. The average molecular weight is 296 g/mol. The van der Waals surface area contributed by atoms with Crippen molar-refractivity contribution in [3.05, 3.63) is 34.9 Å². The Morgan fingerprint density at radius 3 is 2.90 bits per heavy atom. The van der Waals surface area contributed by atoms with Crippen molar-refractivity contribution < 1.29 is 14.3 Å². The summed E-state index contributed by atoms with van der Waals surface area (Å²) in [5.74, 6) is -0.451. The predicted octanol–water partition coefficient (Wildman–Crippen LogP) is 2.25. The minimum atomic E-state index is -0.553. The third kappa shape index (κ3) is 2.97. The lowest BCUT2D eigenvalue weighted by Gasteiger charge is -2.38. The van der Waals surface area contributed by atoms with Gasteiger partial charge in [0.25, 0.3) is 0 Å². The highest BCUT2D eigenvalue weighted by Gasteiger charge is 2.41. The molecular weight excluding hydrogens is 278 g/mol. The minimum Gasteiger partial charge on any atom is -0.346 e. The Kier molecular flexibility index (Phi) is 3.96. The van der Waals surface area contributed by atoms with Crippen LogP contribution in [0.25, 0.3) is 0 Å². The number of carbonyl (C=O) groups is 1. The Labute approximate surface area is 123 Å². The van der Waals surface area contributed by atoms with Crippen LogP contribution in [0.15, 0.2) is 24.3 Å².